The summed E-state index contributed by atoms with van der Waals surface area (Å²) in [5.74, 6) is 1.38. The molecule has 7 aromatic rings. The number of aliphatic hydroxyl groups excluding tert-OH is 1. The highest BCUT2D eigenvalue weighted by Crippen LogP contribution is 2.58. The van der Waals surface area contributed by atoms with E-state index in [4.69, 9.17) is 24.9 Å². The first-order chi connectivity index (χ1) is 28.1. The van der Waals surface area contributed by atoms with Crippen LogP contribution in [-0.4, -0.2) is 15.1 Å². The van der Waals surface area contributed by atoms with Crippen molar-refractivity contribution in [3.8, 4) is 17.0 Å². The standard InChI is InChI=1S/C49H44N6O2/c1-3-15-46-50-35(2)44(32-36-24-26-37(33-56)27-25-36)47(51-46)57-34-38-28-30-39(31-29-38)43-22-13-14-23-45(43)49(52-54-55-53-49)48(40-16-7-4-8-17-40,41-18-9-5-10-19-41)42-20-11-6-12-21-42/h4-14,16-31,56H,3,15,32-34H2,1-2H3. The van der Waals surface area contributed by atoms with Gasteiger partial charge < -0.3 is 9.84 Å². The molecule has 2 heterocycles. The lowest BCUT2D eigenvalue weighted by atomic mass is 9.59. The van der Waals surface area contributed by atoms with Crippen molar-refractivity contribution < 1.29 is 9.84 Å². The Labute approximate surface area is 333 Å². The lowest BCUT2D eigenvalue weighted by molar-refractivity contribution is 0.282. The SMILES string of the molecule is CCCc1nc(C)c(Cc2ccc(CO)cc2)c(OCc2ccc(-c3ccccc3C3(C(c4ccccc4)(c4ccccc4)c4ccccc4)N=NN=N3)cc2)n1. The lowest BCUT2D eigenvalue weighted by Crippen LogP contribution is -2.48. The van der Waals surface area contributed by atoms with Gasteiger partial charge in [0, 0.05) is 29.7 Å². The average molecular weight is 749 g/mol. The van der Waals surface area contributed by atoms with Gasteiger partial charge in [-0.05, 0) is 68.3 Å². The van der Waals surface area contributed by atoms with E-state index in [0.29, 0.717) is 18.9 Å². The maximum absolute atomic E-state index is 9.53. The fourth-order valence-electron chi connectivity index (χ4n) is 8.04. The second-order valence-corrected chi connectivity index (χ2v) is 14.3. The summed E-state index contributed by atoms with van der Waals surface area (Å²) in [7, 11) is 0. The van der Waals surface area contributed by atoms with E-state index in [9.17, 15) is 5.11 Å². The molecule has 57 heavy (non-hydrogen) atoms. The van der Waals surface area contributed by atoms with E-state index < -0.39 is 11.1 Å². The van der Waals surface area contributed by atoms with Gasteiger partial charge in [-0.25, -0.2) is 4.98 Å². The van der Waals surface area contributed by atoms with Gasteiger partial charge in [0.15, 0.2) is 0 Å². The molecule has 8 rings (SSSR count). The number of nitrogens with zero attached hydrogens (tertiary/aromatic N) is 6. The third-order valence-corrected chi connectivity index (χ3v) is 10.8. The summed E-state index contributed by atoms with van der Waals surface area (Å²) in [4.78, 5) is 9.70. The molecule has 0 saturated carbocycles. The topological polar surface area (TPSA) is 105 Å². The second kappa shape index (κ2) is 16.6. The van der Waals surface area contributed by atoms with Crippen molar-refractivity contribution in [3.63, 3.8) is 0 Å². The molecule has 0 bridgehead atoms. The first kappa shape index (κ1) is 37.3. The number of aliphatic hydroxyl groups is 1. The Bertz CT molecular complexity index is 2380. The van der Waals surface area contributed by atoms with E-state index in [1.165, 1.54) is 0 Å². The molecule has 0 radical (unpaired) electrons. The van der Waals surface area contributed by atoms with E-state index in [2.05, 4.69) is 127 Å². The van der Waals surface area contributed by atoms with E-state index in [-0.39, 0.29) is 6.61 Å². The summed E-state index contributed by atoms with van der Waals surface area (Å²) in [6.45, 7) is 4.50. The molecule has 8 heteroatoms. The maximum atomic E-state index is 9.53. The zero-order valence-corrected chi connectivity index (χ0v) is 32.2. The monoisotopic (exact) mass is 748 g/mol. The third-order valence-electron chi connectivity index (χ3n) is 10.8. The van der Waals surface area contributed by atoms with Crippen LogP contribution >= 0.6 is 0 Å². The summed E-state index contributed by atoms with van der Waals surface area (Å²) in [5.41, 5.74) is 8.56. The molecule has 1 aromatic heterocycles. The van der Waals surface area contributed by atoms with Crippen molar-refractivity contribution in [2.45, 2.75) is 57.4 Å². The Kier molecular flexibility index (Phi) is 10.9. The van der Waals surface area contributed by atoms with Gasteiger partial charge in [0.2, 0.25) is 11.5 Å². The molecule has 1 aliphatic rings. The van der Waals surface area contributed by atoms with Crippen molar-refractivity contribution in [2.24, 2.45) is 20.7 Å². The van der Waals surface area contributed by atoms with Crippen LogP contribution in [0.5, 0.6) is 5.88 Å². The summed E-state index contributed by atoms with van der Waals surface area (Å²) in [6.07, 6.45) is 2.34. The first-order valence-electron chi connectivity index (χ1n) is 19.4. The minimum atomic E-state index is -1.29. The van der Waals surface area contributed by atoms with E-state index in [1.807, 2.05) is 61.5 Å². The molecule has 0 saturated heterocycles. The summed E-state index contributed by atoms with van der Waals surface area (Å²) < 4.78 is 6.52. The van der Waals surface area contributed by atoms with Crippen molar-refractivity contribution >= 4 is 0 Å². The summed E-state index contributed by atoms with van der Waals surface area (Å²) in [5, 5.41) is 28.1. The van der Waals surface area contributed by atoms with Crippen LogP contribution in [0.2, 0.25) is 0 Å². The zero-order chi connectivity index (χ0) is 39.1. The molecule has 0 unspecified atom stereocenters. The van der Waals surface area contributed by atoms with Crippen molar-refractivity contribution in [1.82, 2.24) is 9.97 Å². The molecule has 0 fully saturated rings. The molecule has 6 aromatic carbocycles. The molecule has 0 spiro atoms. The van der Waals surface area contributed by atoms with Crippen LogP contribution in [0.15, 0.2) is 184 Å². The Hall–Kier alpha value is -6.64. The van der Waals surface area contributed by atoms with Gasteiger partial charge in [0.1, 0.15) is 12.4 Å². The fraction of sp³-hybridized carbons (Fsp3) is 0.184. The van der Waals surface area contributed by atoms with Crippen LogP contribution in [-0.2, 0) is 37.1 Å². The minimum absolute atomic E-state index is 0.0138. The number of hydrogen-bond donors (Lipinski definition) is 1. The highest BCUT2D eigenvalue weighted by molar-refractivity contribution is 5.72. The summed E-state index contributed by atoms with van der Waals surface area (Å²) >= 11 is 0. The molecule has 0 aliphatic carbocycles. The van der Waals surface area contributed by atoms with Gasteiger partial charge in [-0.3, -0.25) is 0 Å². The molecule has 282 valence electrons. The van der Waals surface area contributed by atoms with Crippen LogP contribution in [0, 0.1) is 6.92 Å². The predicted molar refractivity (Wildman–Crippen MR) is 223 cm³/mol. The number of benzene rings is 6. The second-order valence-electron chi connectivity index (χ2n) is 14.3. The lowest BCUT2D eigenvalue weighted by Gasteiger charge is -2.45. The number of aryl methyl sites for hydroxylation is 2. The largest absolute Gasteiger partial charge is 0.472 e. The molecule has 1 N–H and O–H groups in total. The molecule has 8 nitrogen and oxygen atoms in total. The van der Waals surface area contributed by atoms with E-state index >= 15 is 0 Å². The molecule has 0 atom stereocenters. The Balaban J connectivity index is 1.17. The maximum Gasteiger partial charge on any atom is 0.238 e. The average Bonchev–Trinajstić information content (AvgIpc) is 3.77. The molecule has 1 aliphatic heterocycles. The molecular formula is C49H44N6O2. The van der Waals surface area contributed by atoms with Gasteiger partial charge >= 0.3 is 0 Å². The van der Waals surface area contributed by atoms with Crippen LogP contribution in [0.1, 0.15) is 69.4 Å². The van der Waals surface area contributed by atoms with Gasteiger partial charge in [-0.2, -0.15) is 4.98 Å². The van der Waals surface area contributed by atoms with Crippen molar-refractivity contribution in [3.05, 3.63) is 220 Å². The fourth-order valence-corrected chi connectivity index (χ4v) is 8.04. The quantitative estimate of drug-likeness (QED) is 0.112. The number of ether oxygens (including phenoxy) is 1. The summed E-state index contributed by atoms with van der Waals surface area (Å²) in [6, 6.07) is 56.0. The molecular weight excluding hydrogens is 705 g/mol. The van der Waals surface area contributed by atoms with Crippen molar-refractivity contribution in [1.29, 1.82) is 0 Å². The number of hydrogen-bond acceptors (Lipinski definition) is 8. The first-order valence-corrected chi connectivity index (χ1v) is 19.4. The number of aromatic nitrogens is 2. The third kappa shape index (κ3) is 7.16. The smallest absolute Gasteiger partial charge is 0.238 e. The zero-order valence-electron chi connectivity index (χ0n) is 32.2. The van der Waals surface area contributed by atoms with Crippen LogP contribution in [0.25, 0.3) is 11.1 Å². The van der Waals surface area contributed by atoms with Gasteiger partial charge in [-0.15, -0.1) is 10.2 Å². The number of rotatable bonds is 14. The van der Waals surface area contributed by atoms with Gasteiger partial charge in [0.25, 0.3) is 0 Å². The van der Waals surface area contributed by atoms with Crippen LogP contribution in [0.3, 0.4) is 0 Å². The van der Waals surface area contributed by atoms with Crippen LogP contribution < -0.4 is 4.74 Å². The van der Waals surface area contributed by atoms with Gasteiger partial charge in [-0.1, -0.05) is 171 Å². The van der Waals surface area contributed by atoms with Gasteiger partial charge in [0.05, 0.1) is 12.0 Å². The minimum Gasteiger partial charge on any atom is -0.472 e. The highest BCUT2D eigenvalue weighted by atomic mass is 16.5. The normalized spacial score (nSPS) is 13.2. The van der Waals surface area contributed by atoms with Crippen molar-refractivity contribution in [2.75, 3.05) is 0 Å². The Morgan fingerprint density at radius 3 is 1.68 bits per heavy atom. The predicted octanol–water partition coefficient (Wildman–Crippen LogP) is 11.1. The Morgan fingerprint density at radius 2 is 1.12 bits per heavy atom. The van der Waals surface area contributed by atoms with E-state index in [1.54, 1.807) is 0 Å². The van der Waals surface area contributed by atoms with Crippen LogP contribution in [0.4, 0.5) is 0 Å². The molecule has 0 amide bonds. The Morgan fingerprint density at radius 1 is 0.596 bits per heavy atom. The highest BCUT2D eigenvalue weighted by Gasteiger charge is 2.60. The van der Waals surface area contributed by atoms with E-state index in [0.717, 1.165) is 80.0 Å².